The molecule has 1 fully saturated rings. The van der Waals surface area contributed by atoms with E-state index in [0.717, 1.165) is 11.1 Å². The van der Waals surface area contributed by atoms with E-state index < -0.39 is 58.7 Å². The molecule has 2 aromatic carbocycles. The minimum absolute atomic E-state index is 0.0467. The van der Waals surface area contributed by atoms with Gasteiger partial charge in [0, 0.05) is 19.1 Å². The van der Waals surface area contributed by atoms with E-state index in [0.29, 0.717) is 30.9 Å². The molecule has 2 heterocycles. The van der Waals surface area contributed by atoms with Gasteiger partial charge in [0.05, 0.1) is 30.1 Å². The van der Waals surface area contributed by atoms with Gasteiger partial charge in [-0.15, -0.1) is 0 Å². The number of carbonyl (C=O) groups excluding carboxylic acids is 3. The second-order valence-corrected chi connectivity index (χ2v) is 17.5. The van der Waals surface area contributed by atoms with Crippen molar-refractivity contribution in [3.8, 4) is 0 Å². The fourth-order valence-electron chi connectivity index (χ4n) is 7.14. The summed E-state index contributed by atoms with van der Waals surface area (Å²) in [6.45, 7) is 15.2. The summed E-state index contributed by atoms with van der Waals surface area (Å²) < 4.78 is 0. The zero-order chi connectivity index (χ0) is 41.4. The molecule has 304 valence electrons. The van der Waals surface area contributed by atoms with Crippen molar-refractivity contribution < 1.29 is 34.5 Å². The molecule has 5 amide bonds. The highest BCUT2D eigenvalue weighted by Crippen LogP contribution is 2.29. The van der Waals surface area contributed by atoms with E-state index in [1.54, 1.807) is 62.6 Å². The van der Waals surface area contributed by atoms with E-state index >= 15 is 0 Å². The molecular weight excluding hydrogens is 713 g/mol. The monoisotopic (exact) mass is 772 g/mol. The Kier molecular flexibility index (Phi) is 14.3. The predicted molar refractivity (Wildman–Crippen MR) is 214 cm³/mol. The number of urea groups is 1. The molecule has 0 saturated carbocycles. The smallest absolute Gasteiger partial charge is 0.405 e. The van der Waals surface area contributed by atoms with Gasteiger partial charge in [-0.25, -0.2) is 9.59 Å². The molecule has 3 aromatic rings. The molecule has 0 spiro atoms. The van der Waals surface area contributed by atoms with Crippen LogP contribution in [-0.4, -0.2) is 97.4 Å². The van der Waals surface area contributed by atoms with Crippen molar-refractivity contribution in [1.82, 2.24) is 30.7 Å². The molecule has 1 saturated heterocycles. The summed E-state index contributed by atoms with van der Waals surface area (Å²) in [6.07, 6.45) is -1.84. The maximum Gasteiger partial charge on any atom is 0.405 e. The summed E-state index contributed by atoms with van der Waals surface area (Å²) in [6, 6.07) is 20.5. The zero-order valence-corrected chi connectivity index (χ0v) is 34.0. The van der Waals surface area contributed by atoms with Crippen LogP contribution in [0.25, 0.3) is 0 Å². The van der Waals surface area contributed by atoms with Gasteiger partial charge in [-0.05, 0) is 67.2 Å². The molecule has 1 aliphatic heterocycles. The fraction of sp³-hybridized carbons (Fsp3) is 0.512. The van der Waals surface area contributed by atoms with Gasteiger partial charge in [-0.2, -0.15) is 0 Å². The third-order valence-corrected chi connectivity index (χ3v) is 9.98. The lowest BCUT2D eigenvalue weighted by Gasteiger charge is -2.38. The lowest BCUT2D eigenvalue weighted by Crippen LogP contribution is -2.59. The minimum atomic E-state index is -1.34. The number of nitrogens with one attached hydrogen (secondary N) is 3. The van der Waals surface area contributed by atoms with E-state index in [1.165, 1.54) is 0 Å². The maximum atomic E-state index is 14.5. The van der Waals surface area contributed by atoms with Crippen LogP contribution in [0.1, 0.15) is 84.3 Å². The average molecular weight is 773 g/mol. The Hall–Kier alpha value is -5.01. The molecular formula is C43H60N6O7. The Balaban J connectivity index is 1.59. The molecule has 0 unspecified atom stereocenters. The molecule has 6 N–H and O–H groups in total. The third-order valence-electron chi connectivity index (χ3n) is 9.98. The third kappa shape index (κ3) is 12.2. The van der Waals surface area contributed by atoms with E-state index in [4.69, 9.17) is 0 Å². The van der Waals surface area contributed by atoms with Crippen LogP contribution in [0, 0.1) is 10.8 Å². The summed E-state index contributed by atoms with van der Waals surface area (Å²) in [7, 11) is 0. The number of amides is 5. The number of aliphatic hydroxyl groups excluding tert-OH is 1. The molecule has 1 aliphatic rings. The highest BCUT2D eigenvalue weighted by molar-refractivity contribution is 5.89. The van der Waals surface area contributed by atoms with Crippen LogP contribution in [0.15, 0.2) is 78.9 Å². The first-order valence-electron chi connectivity index (χ1n) is 19.2. The number of carboxylic acid groups (broad SMARTS) is 1. The lowest BCUT2D eigenvalue weighted by atomic mass is 9.84. The fourth-order valence-corrected chi connectivity index (χ4v) is 7.14. The number of benzene rings is 2. The van der Waals surface area contributed by atoms with Crippen molar-refractivity contribution >= 4 is 23.9 Å². The van der Waals surface area contributed by atoms with Gasteiger partial charge in [0.2, 0.25) is 11.8 Å². The van der Waals surface area contributed by atoms with Gasteiger partial charge >= 0.3 is 12.1 Å². The summed E-state index contributed by atoms with van der Waals surface area (Å²) in [5.74, 6) is -0.944. The number of hydrogen-bond acceptors (Lipinski definition) is 7. The first-order valence-corrected chi connectivity index (χ1v) is 19.2. The number of aliphatic hydroxyl groups is 2. The maximum absolute atomic E-state index is 14.5. The molecule has 0 bridgehead atoms. The first-order chi connectivity index (χ1) is 26.1. The standard InChI is InChI=1S/C43H60N6O7/c1-41(2,3)35(47-39(53)54)37(51)46-32(25-29-18-13-10-14-19-29)33(50)26-31(24-28-16-11-9-12-17-28)45-38(52)36(42(4,5)6)49-23-22-48(40(49)55)27-30-20-15-21-34(44-30)43(7,8)56/h9-21,31-33,35-36,47,50,56H,22-27H2,1-8H3,(H,45,52)(H,46,51)(H,53,54)/t31-,32-,33-,35+,36+/m0/s1. The lowest BCUT2D eigenvalue weighted by molar-refractivity contribution is -0.130. The predicted octanol–water partition coefficient (Wildman–Crippen LogP) is 4.85. The van der Waals surface area contributed by atoms with Crippen LogP contribution < -0.4 is 16.0 Å². The van der Waals surface area contributed by atoms with Crippen LogP contribution >= 0.6 is 0 Å². The number of pyridine rings is 1. The number of hydrogen-bond donors (Lipinski definition) is 6. The van der Waals surface area contributed by atoms with Crippen molar-refractivity contribution in [2.45, 2.75) is 117 Å². The Labute approximate surface area is 330 Å². The van der Waals surface area contributed by atoms with Crippen molar-refractivity contribution in [2.24, 2.45) is 10.8 Å². The SMILES string of the molecule is CC(C)(O)c1cccc(CN2CCN([C@H](C(=O)N[C@@H](Cc3ccccc3)C[C@H](O)[C@H](Cc3ccccc3)NC(=O)[C@@H](NC(=O)O)C(C)(C)C)C(C)(C)C)C2=O)n1. The number of carbonyl (C=O) groups is 4. The number of rotatable bonds is 16. The minimum Gasteiger partial charge on any atom is -0.465 e. The summed E-state index contributed by atoms with van der Waals surface area (Å²) in [5.41, 5.74) is 0.306. The van der Waals surface area contributed by atoms with Crippen molar-refractivity contribution in [1.29, 1.82) is 0 Å². The van der Waals surface area contributed by atoms with E-state index in [-0.39, 0.29) is 31.3 Å². The normalized spacial score (nSPS) is 16.4. The van der Waals surface area contributed by atoms with Gasteiger partial charge in [0.1, 0.15) is 17.7 Å². The van der Waals surface area contributed by atoms with Crippen LogP contribution in [0.3, 0.4) is 0 Å². The average Bonchev–Trinajstić information content (AvgIpc) is 3.44. The molecule has 4 rings (SSSR count). The van der Waals surface area contributed by atoms with Crippen molar-refractivity contribution in [3.05, 3.63) is 101 Å². The summed E-state index contributed by atoms with van der Waals surface area (Å²) in [4.78, 5) is 61.6. The van der Waals surface area contributed by atoms with Gasteiger partial charge in [0.15, 0.2) is 0 Å². The second kappa shape index (κ2) is 18.3. The molecule has 13 heteroatoms. The number of nitrogens with zero attached hydrogens (tertiary/aromatic N) is 3. The van der Waals surface area contributed by atoms with E-state index in [9.17, 15) is 34.5 Å². The largest absolute Gasteiger partial charge is 0.465 e. The Morgan fingerprint density at radius 2 is 1.34 bits per heavy atom. The van der Waals surface area contributed by atoms with Crippen molar-refractivity contribution in [3.63, 3.8) is 0 Å². The zero-order valence-electron chi connectivity index (χ0n) is 34.0. The molecule has 0 aliphatic carbocycles. The topological polar surface area (TPSA) is 184 Å². The van der Waals surface area contributed by atoms with Gasteiger partial charge in [0.25, 0.3) is 0 Å². The van der Waals surface area contributed by atoms with Gasteiger partial charge in [-0.1, -0.05) is 108 Å². The van der Waals surface area contributed by atoms with E-state index in [2.05, 4.69) is 20.9 Å². The van der Waals surface area contributed by atoms with Crippen LogP contribution in [0.4, 0.5) is 9.59 Å². The number of aromatic nitrogens is 1. The highest BCUT2D eigenvalue weighted by Gasteiger charge is 2.44. The first kappa shape index (κ1) is 43.7. The molecule has 5 atom stereocenters. The van der Waals surface area contributed by atoms with Crippen LogP contribution in [0.2, 0.25) is 0 Å². The Morgan fingerprint density at radius 3 is 1.88 bits per heavy atom. The highest BCUT2D eigenvalue weighted by atomic mass is 16.4. The van der Waals surface area contributed by atoms with E-state index in [1.807, 2.05) is 81.4 Å². The Bertz CT molecular complexity index is 1790. The molecule has 13 nitrogen and oxygen atoms in total. The molecule has 56 heavy (non-hydrogen) atoms. The van der Waals surface area contributed by atoms with Crippen molar-refractivity contribution in [2.75, 3.05) is 13.1 Å². The summed E-state index contributed by atoms with van der Waals surface area (Å²) in [5, 5.41) is 40.4. The van der Waals surface area contributed by atoms with Gasteiger partial charge in [-0.3, -0.25) is 14.6 Å². The van der Waals surface area contributed by atoms with Crippen LogP contribution in [0.5, 0.6) is 0 Å². The second-order valence-electron chi connectivity index (χ2n) is 17.5. The Morgan fingerprint density at radius 1 is 0.750 bits per heavy atom. The van der Waals surface area contributed by atoms with Crippen LogP contribution in [-0.2, 0) is 34.6 Å². The van der Waals surface area contributed by atoms with Gasteiger partial charge < -0.3 is 41.1 Å². The molecule has 1 aromatic heterocycles. The quantitative estimate of drug-likeness (QED) is 0.119. The summed E-state index contributed by atoms with van der Waals surface area (Å²) >= 11 is 0. The molecule has 0 radical (unpaired) electrons.